The van der Waals surface area contributed by atoms with Gasteiger partial charge in [-0.05, 0) is 37.7 Å². The zero-order valence-electron chi connectivity index (χ0n) is 13.9. The second-order valence-corrected chi connectivity index (χ2v) is 6.26. The van der Waals surface area contributed by atoms with Gasteiger partial charge >= 0.3 is 0 Å². The summed E-state index contributed by atoms with van der Waals surface area (Å²) in [4.78, 5) is 9.33. The molecule has 0 unspecified atom stereocenters. The Morgan fingerprint density at radius 3 is 2.61 bits per heavy atom. The van der Waals surface area contributed by atoms with Crippen molar-refractivity contribution in [2.24, 2.45) is 4.99 Å². The normalized spacial score (nSPS) is 19.4. The number of nitrogens with zero attached hydrogens (tertiary/aromatic N) is 3. The number of nitrogens with one attached hydrogen (secondary N) is 2. The molecule has 0 atom stereocenters. The SMILES string of the molecule is CN1CCCN(Cc2ccc(CNC3=NCCN3)cc2)CC1.I. The van der Waals surface area contributed by atoms with Gasteiger partial charge in [-0.1, -0.05) is 24.3 Å². The van der Waals surface area contributed by atoms with E-state index in [0.717, 1.165) is 32.1 Å². The zero-order valence-corrected chi connectivity index (χ0v) is 16.3. The quantitative estimate of drug-likeness (QED) is 0.713. The van der Waals surface area contributed by atoms with Crippen molar-refractivity contribution in [2.45, 2.75) is 19.5 Å². The number of guanidine groups is 1. The molecule has 1 fully saturated rings. The van der Waals surface area contributed by atoms with Gasteiger partial charge in [0, 0.05) is 32.7 Å². The number of hydrogen-bond donors (Lipinski definition) is 2. The molecule has 3 rings (SSSR count). The average molecular weight is 429 g/mol. The van der Waals surface area contributed by atoms with Crippen LogP contribution < -0.4 is 10.6 Å². The minimum Gasteiger partial charge on any atom is -0.355 e. The zero-order chi connectivity index (χ0) is 15.2. The van der Waals surface area contributed by atoms with Crippen LogP contribution in [0.25, 0.3) is 0 Å². The third-order valence-corrected chi connectivity index (χ3v) is 4.38. The molecule has 23 heavy (non-hydrogen) atoms. The Balaban J connectivity index is 0.00000192. The second-order valence-electron chi connectivity index (χ2n) is 6.26. The van der Waals surface area contributed by atoms with Crippen LogP contribution in [0.4, 0.5) is 0 Å². The van der Waals surface area contributed by atoms with E-state index in [1.54, 1.807) is 0 Å². The predicted octanol–water partition coefficient (Wildman–Crippen LogP) is 1.49. The molecule has 0 saturated carbocycles. The van der Waals surface area contributed by atoms with E-state index < -0.39 is 0 Å². The van der Waals surface area contributed by atoms with Crippen LogP contribution in [0, 0.1) is 0 Å². The molecule has 0 spiro atoms. The summed E-state index contributed by atoms with van der Waals surface area (Å²) in [6, 6.07) is 8.97. The van der Waals surface area contributed by atoms with Crippen molar-refractivity contribution in [2.75, 3.05) is 46.3 Å². The molecule has 0 radical (unpaired) electrons. The van der Waals surface area contributed by atoms with Gasteiger partial charge in [-0.15, -0.1) is 24.0 Å². The largest absolute Gasteiger partial charge is 0.355 e. The van der Waals surface area contributed by atoms with Crippen LogP contribution in [0.2, 0.25) is 0 Å². The van der Waals surface area contributed by atoms with E-state index in [1.165, 1.54) is 43.7 Å². The molecule has 5 nitrogen and oxygen atoms in total. The lowest BCUT2D eigenvalue weighted by atomic mass is 10.1. The van der Waals surface area contributed by atoms with E-state index in [2.05, 4.69) is 56.7 Å². The topological polar surface area (TPSA) is 42.9 Å². The highest BCUT2D eigenvalue weighted by Gasteiger charge is 2.12. The standard InChI is InChI=1S/C17H27N5.HI/c1-21-9-2-10-22(12-11-21)14-16-5-3-15(4-6-16)13-20-17-18-7-8-19-17;/h3-6H,2,7-14H2,1H3,(H2,18,19,20);1H. The molecule has 2 heterocycles. The summed E-state index contributed by atoms with van der Waals surface area (Å²) in [5.41, 5.74) is 2.71. The summed E-state index contributed by atoms with van der Waals surface area (Å²) < 4.78 is 0. The van der Waals surface area contributed by atoms with Gasteiger partial charge in [0.15, 0.2) is 5.96 Å². The molecule has 2 aliphatic rings. The van der Waals surface area contributed by atoms with Crippen LogP contribution in [0.15, 0.2) is 29.3 Å². The predicted molar refractivity (Wildman–Crippen MR) is 106 cm³/mol. The minimum atomic E-state index is 0. The first-order valence-electron chi connectivity index (χ1n) is 8.30. The van der Waals surface area contributed by atoms with Crippen molar-refractivity contribution < 1.29 is 0 Å². The van der Waals surface area contributed by atoms with Crippen molar-refractivity contribution in [1.29, 1.82) is 0 Å². The van der Waals surface area contributed by atoms with E-state index in [-0.39, 0.29) is 24.0 Å². The first kappa shape index (κ1) is 18.5. The van der Waals surface area contributed by atoms with Crippen molar-refractivity contribution in [1.82, 2.24) is 20.4 Å². The Labute approximate surface area is 156 Å². The van der Waals surface area contributed by atoms with Crippen molar-refractivity contribution >= 4 is 29.9 Å². The van der Waals surface area contributed by atoms with Crippen LogP contribution >= 0.6 is 24.0 Å². The highest BCUT2D eigenvalue weighted by molar-refractivity contribution is 14.0. The van der Waals surface area contributed by atoms with Crippen LogP contribution in [-0.2, 0) is 13.1 Å². The van der Waals surface area contributed by atoms with E-state index in [9.17, 15) is 0 Å². The number of likely N-dealkylation sites (N-methyl/N-ethyl adjacent to an activating group) is 1. The molecule has 0 aliphatic carbocycles. The first-order chi connectivity index (χ1) is 10.8. The maximum atomic E-state index is 4.34. The van der Waals surface area contributed by atoms with E-state index in [0.29, 0.717) is 0 Å². The van der Waals surface area contributed by atoms with Crippen LogP contribution in [0.1, 0.15) is 17.5 Å². The van der Waals surface area contributed by atoms with Gasteiger partial charge in [0.05, 0.1) is 6.54 Å². The number of halogens is 1. The second kappa shape index (κ2) is 9.44. The number of rotatable bonds is 4. The van der Waals surface area contributed by atoms with Crippen molar-refractivity contribution in [3.8, 4) is 0 Å². The van der Waals surface area contributed by atoms with Gasteiger partial charge < -0.3 is 15.5 Å². The maximum absolute atomic E-state index is 4.34. The summed E-state index contributed by atoms with van der Waals surface area (Å²) in [5.74, 6) is 0.928. The number of hydrogen-bond acceptors (Lipinski definition) is 5. The molecule has 2 N–H and O–H groups in total. The third-order valence-electron chi connectivity index (χ3n) is 4.38. The third kappa shape index (κ3) is 5.93. The highest BCUT2D eigenvalue weighted by atomic mass is 127. The monoisotopic (exact) mass is 429 g/mol. The minimum absolute atomic E-state index is 0. The van der Waals surface area contributed by atoms with E-state index in [4.69, 9.17) is 0 Å². The molecule has 6 heteroatoms. The molecule has 2 aliphatic heterocycles. The smallest absolute Gasteiger partial charge is 0.191 e. The average Bonchev–Trinajstić information content (AvgIpc) is 2.97. The first-order valence-corrected chi connectivity index (χ1v) is 8.30. The van der Waals surface area contributed by atoms with E-state index in [1.807, 2.05) is 0 Å². The number of aliphatic imine (C=N–C) groups is 1. The molecule has 1 aromatic carbocycles. The summed E-state index contributed by atoms with van der Waals surface area (Å²) >= 11 is 0. The molecule has 0 aromatic heterocycles. The van der Waals surface area contributed by atoms with Gasteiger partial charge in [0.2, 0.25) is 0 Å². The van der Waals surface area contributed by atoms with Gasteiger partial charge in [-0.25, -0.2) is 0 Å². The molecule has 128 valence electrons. The van der Waals surface area contributed by atoms with Crippen molar-refractivity contribution in [3.05, 3.63) is 35.4 Å². The number of benzene rings is 1. The Bertz CT molecular complexity index is 502. The Kier molecular flexibility index (Phi) is 7.58. The van der Waals surface area contributed by atoms with Crippen LogP contribution in [-0.4, -0.2) is 62.1 Å². The summed E-state index contributed by atoms with van der Waals surface area (Å²) in [7, 11) is 2.22. The van der Waals surface area contributed by atoms with Gasteiger partial charge in [0.1, 0.15) is 0 Å². The fourth-order valence-electron chi connectivity index (χ4n) is 2.98. The molecular weight excluding hydrogens is 401 g/mol. The van der Waals surface area contributed by atoms with Gasteiger partial charge in [-0.3, -0.25) is 9.89 Å². The van der Waals surface area contributed by atoms with Gasteiger partial charge in [-0.2, -0.15) is 0 Å². The van der Waals surface area contributed by atoms with Crippen LogP contribution in [0.3, 0.4) is 0 Å². The van der Waals surface area contributed by atoms with Gasteiger partial charge in [0.25, 0.3) is 0 Å². The van der Waals surface area contributed by atoms with Crippen LogP contribution in [0.5, 0.6) is 0 Å². The maximum Gasteiger partial charge on any atom is 0.191 e. The molecule has 1 aromatic rings. The fraction of sp³-hybridized carbons (Fsp3) is 0.588. The lowest BCUT2D eigenvalue weighted by molar-refractivity contribution is 0.269. The molecule has 1 saturated heterocycles. The lowest BCUT2D eigenvalue weighted by Gasteiger charge is -2.20. The fourth-order valence-corrected chi connectivity index (χ4v) is 2.98. The summed E-state index contributed by atoms with van der Waals surface area (Å²) in [5, 5.41) is 6.56. The highest BCUT2D eigenvalue weighted by Crippen LogP contribution is 2.10. The molecule has 0 amide bonds. The van der Waals surface area contributed by atoms with E-state index >= 15 is 0 Å². The Hall–Kier alpha value is -0.860. The summed E-state index contributed by atoms with van der Waals surface area (Å²) in [6.07, 6.45) is 1.27. The Morgan fingerprint density at radius 1 is 1.09 bits per heavy atom. The molecular formula is C17H28IN5. The lowest BCUT2D eigenvalue weighted by Crippen LogP contribution is -2.33. The summed E-state index contributed by atoms with van der Waals surface area (Å²) in [6.45, 7) is 8.51. The Morgan fingerprint density at radius 2 is 1.87 bits per heavy atom. The molecule has 0 bridgehead atoms. The van der Waals surface area contributed by atoms with Crippen molar-refractivity contribution in [3.63, 3.8) is 0 Å².